The Morgan fingerprint density at radius 2 is 2.08 bits per heavy atom. The van der Waals surface area contributed by atoms with Crippen molar-refractivity contribution in [2.45, 2.75) is 13.2 Å². The first-order chi connectivity index (χ1) is 12.1. The summed E-state index contributed by atoms with van der Waals surface area (Å²) < 4.78 is 15.5. The quantitative estimate of drug-likeness (QED) is 0.549. The number of fused-ring (bicyclic) bond motifs is 1. The van der Waals surface area contributed by atoms with Crippen molar-refractivity contribution in [2.75, 3.05) is 5.32 Å². The molecular formula is C17H14FN5OS. The predicted molar refractivity (Wildman–Crippen MR) is 93.8 cm³/mol. The van der Waals surface area contributed by atoms with Crippen LogP contribution in [0.5, 0.6) is 0 Å². The number of aryl methyl sites for hydroxylation is 1. The molecule has 0 radical (unpaired) electrons. The summed E-state index contributed by atoms with van der Waals surface area (Å²) in [6, 6.07) is 9.91. The monoisotopic (exact) mass is 355 g/mol. The number of anilines is 1. The average Bonchev–Trinajstić information content (AvgIpc) is 3.22. The minimum absolute atomic E-state index is 0.345. The molecule has 0 aliphatic rings. The number of benzene rings is 1. The fourth-order valence-electron chi connectivity index (χ4n) is 2.50. The van der Waals surface area contributed by atoms with Crippen molar-refractivity contribution in [3.8, 4) is 11.3 Å². The van der Waals surface area contributed by atoms with Crippen molar-refractivity contribution >= 4 is 22.8 Å². The molecule has 0 amide bonds. The highest BCUT2D eigenvalue weighted by atomic mass is 32.1. The van der Waals surface area contributed by atoms with Crippen molar-refractivity contribution in [1.82, 2.24) is 19.6 Å². The van der Waals surface area contributed by atoms with Gasteiger partial charge in [0.25, 0.3) is 0 Å². The van der Waals surface area contributed by atoms with Gasteiger partial charge in [-0.3, -0.25) is 0 Å². The van der Waals surface area contributed by atoms with Gasteiger partial charge in [0.2, 0.25) is 0 Å². The van der Waals surface area contributed by atoms with Crippen LogP contribution in [0, 0.1) is 12.7 Å². The van der Waals surface area contributed by atoms with E-state index in [9.17, 15) is 9.50 Å². The Balaban J connectivity index is 1.70. The summed E-state index contributed by atoms with van der Waals surface area (Å²) in [6.07, 6.45) is 0.583. The fraction of sp³-hybridized carbons (Fsp3) is 0.118. The van der Waals surface area contributed by atoms with E-state index in [1.165, 1.54) is 21.9 Å². The summed E-state index contributed by atoms with van der Waals surface area (Å²) in [5.41, 5.74) is 2.00. The van der Waals surface area contributed by atoms with Crippen LogP contribution in [-0.2, 0) is 0 Å². The molecule has 4 rings (SSSR count). The van der Waals surface area contributed by atoms with Crippen LogP contribution in [0.15, 0.2) is 48.0 Å². The van der Waals surface area contributed by atoms with Crippen LogP contribution in [0.1, 0.15) is 16.9 Å². The summed E-state index contributed by atoms with van der Waals surface area (Å²) in [4.78, 5) is 8.50. The summed E-state index contributed by atoms with van der Waals surface area (Å²) in [5, 5.41) is 20.3. The lowest BCUT2D eigenvalue weighted by Gasteiger charge is -2.11. The molecular weight excluding hydrogens is 341 g/mol. The van der Waals surface area contributed by atoms with E-state index < -0.39 is 6.23 Å². The van der Waals surface area contributed by atoms with E-state index in [4.69, 9.17) is 0 Å². The first-order valence-corrected chi connectivity index (χ1v) is 8.46. The first-order valence-electron chi connectivity index (χ1n) is 7.58. The Morgan fingerprint density at radius 3 is 2.84 bits per heavy atom. The van der Waals surface area contributed by atoms with Crippen LogP contribution < -0.4 is 5.32 Å². The van der Waals surface area contributed by atoms with Gasteiger partial charge in [0.1, 0.15) is 11.5 Å². The number of nitrogens with one attached hydrogen (secondary N) is 1. The molecule has 0 bridgehead atoms. The molecule has 126 valence electrons. The number of rotatable bonds is 4. The predicted octanol–water partition coefficient (Wildman–Crippen LogP) is 3.40. The highest BCUT2D eigenvalue weighted by molar-refractivity contribution is 7.09. The number of halogens is 1. The Kier molecular flexibility index (Phi) is 3.90. The highest BCUT2D eigenvalue weighted by Crippen LogP contribution is 2.23. The molecule has 2 N–H and O–H groups in total. The Bertz CT molecular complexity index is 1040. The highest BCUT2D eigenvalue weighted by Gasteiger charge is 2.15. The molecule has 0 aliphatic carbocycles. The van der Waals surface area contributed by atoms with E-state index in [0.29, 0.717) is 28.4 Å². The van der Waals surface area contributed by atoms with E-state index in [0.717, 1.165) is 5.01 Å². The summed E-state index contributed by atoms with van der Waals surface area (Å²) in [7, 11) is 0. The van der Waals surface area contributed by atoms with E-state index in [-0.39, 0.29) is 5.82 Å². The number of hydrogen-bond acceptors (Lipinski definition) is 6. The Hall–Kier alpha value is -2.84. The number of thiazole rings is 1. The molecule has 0 spiro atoms. The molecule has 1 unspecified atom stereocenters. The Morgan fingerprint density at radius 1 is 1.24 bits per heavy atom. The smallest absolute Gasteiger partial charge is 0.170 e. The van der Waals surface area contributed by atoms with Crippen molar-refractivity contribution in [3.05, 3.63) is 64.5 Å². The topological polar surface area (TPSA) is 75.3 Å². The first kappa shape index (κ1) is 15.7. The third-order valence-electron chi connectivity index (χ3n) is 3.71. The second-order valence-electron chi connectivity index (χ2n) is 5.45. The molecule has 0 fully saturated rings. The van der Waals surface area contributed by atoms with Gasteiger partial charge < -0.3 is 10.4 Å². The molecule has 0 saturated heterocycles. The van der Waals surface area contributed by atoms with Gasteiger partial charge >= 0.3 is 0 Å². The average molecular weight is 355 g/mol. The maximum Gasteiger partial charge on any atom is 0.170 e. The van der Waals surface area contributed by atoms with Crippen LogP contribution in [0.4, 0.5) is 10.2 Å². The van der Waals surface area contributed by atoms with Crippen molar-refractivity contribution in [3.63, 3.8) is 0 Å². The number of nitrogens with zero attached hydrogens (tertiary/aromatic N) is 4. The molecule has 0 aliphatic heterocycles. The van der Waals surface area contributed by atoms with Gasteiger partial charge in [0, 0.05) is 10.9 Å². The molecule has 1 atom stereocenters. The van der Waals surface area contributed by atoms with Crippen molar-refractivity contribution < 1.29 is 9.50 Å². The zero-order valence-electron chi connectivity index (χ0n) is 13.2. The van der Waals surface area contributed by atoms with E-state index >= 15 is 0 Å². The van der Waals surface area contributed by atoms with E-state index in [1.807, 2.05) is 6.92 Å². The van der Waals surface area contributed by atoms with Crippen LogP contribution in [0.25, 0.3) is 16.9 Å². The number of aromatic nitrogens is 4. The lowest BCUT2D eigenvalue weighted by Crippen LogP contribution is -2.12. The third-order valence-corrected chi connectivity index (χ3v) is 4.51. The standard InChI is InChI=1S/C17H14FN5OS/c1-10-20-14(9-25-10)17(24)21-16-8-19-15-7-6-13(22-23(15)16)11-4-2-3-5-12(11)18/h2-9,17,21,24H,1H3. The zero-order chi connectivity index (χ0) is 17.4. The summed E-state index contributed by atoms with van der Waals surface area (Å²) in [5.74, 6) is 0.147. The normalized spacial score (nSPS) is 12.4. The maximum atomic E-state index is 14.0. The molecule has 6 nitrogen and oxygen atoms in total. The molecule has 4 aromatic rings. The zero-order valence-corrected chi connectivity index (χ0v) is 14.0. The SMILES string of the molecule is Cc1nc(C(O)Nc2cnc3ccc(-c4ccccc4F)nn23)cs1. The number of aliphatic hydroxyl groups excluding tert-OH is 1. The number of hydrogen-bond donors (Lipinski definition) is 2. The molecule has 25 heavy (non-hydrogen) atoms. The summed E-state index contributed by atoms with van der Waals surface area (Å²) in [6.45, 7) is 1.87. The minimum Gasteiger partial charge on any atom is -0.368 e. The van der Waals surface area contributed by atoms with Gasteiger partial charge in [-0.2, -0.15) is 9.61 Å². The second kappa shape index (κ2) is 6.23. The van der Waals surface area contributed by atoms with E-state index in [2.05, 4.69) is 20.4 Å². The van der Waals surface area contributed by atoms with Crippen LogP contribution in [0.2, 0.25) is 0 Å². The molecule has 0 saturated carbocycles. The third kappa shape index (κ3) is 2.97. The number of aliphatic hydroxyl groups is 1. The largest absolute Gasteiger partial charge is 0.368 e. The Labute approximate surface area is 146 Å². The van der Waals surface area contributed by atoms with E-state index in [1.54, 1.807) is 41.9 Å². The number of imidazole rings is 1. The minimum atomic E-state index is -0.983. The van der Waals surface area contributed by atoms with Gasteiger partial charge in [-0.05, 0) is 31.2 Å². The van der Waals surface area contributed by atoms with Gasteiger partial charge in [-0.1, -0.05) is 12.1 Å². The van der Waals surface area contributed by atoms with Crippen LogP contribution in [0.3, 0.4) is 0 Å². The summed E-state index contributed by atoms with van der Waals surface area (Å²) >= 11 is 1.46. The van der Waals surface area contributed by atoms with Crippen LogP contribution in [-0.4, -0.2) is 24.7 Å². The molecule has 3 heterocycles. The van der Waals surface area contributed by atoms with Crippen LogP contribution >= 0.6 is 11.3 Å². The van der Waals surface area contributed by atoms with Crippen molar-refractivity contribution in [1.29, 1.82) is 0 Å². The van der Waals surface area contributed by atoms with Gasteiger partial charge in [-0.15, -0.1) is 11.3 Å². The van der Waals surface area contributed by atoms with Gasteiger partial charge in [0.05, 0.1) is 16.9 Å². The lowest BCUT2D eigenvalue weighted by atomic mass is 10.1. The van der Waals surface area contributed by atoms with Gasteiger partial charge in [-0.25, -0.2) is 14.4 Å². The second-order valence-corrected chi connectivity index (χ2v) is 6.51. The lowest BCUT2D eigenvalue weighted by molar-refractivity contribution is 0.203. The van der Waals surface area contributed by atoms with Crippen molar-refractivity contribution in [2.24, 2.45) is 0 Å². The molecule has 8 heteroatoms. The maximum absolute atomic E-state index is 14.0. The fourth-order valence-corrected chi connectivity index (χ4v) is 3.14. The van der Waals surface area contributed by atoms with Gasteiger partial charge in [0.15, 0.2) is 17.7 Å². The molecule has 1 aromatic carbocycles. The molecule has 3 aromatic heterocycles.